The molecule has 1 aromatic heterocycles. The third-order valence-electron chi connectivity index (χ3n) is 4.24. The molecule has 0 saturated heterocycles. The first-order valence-electron chi connectivity index (χ1n) is 8.72. The van der Waals surface area contributed by atoms with Crippen LogP contribution in [0.2, 0.25) is 0 Å². The van der Waals surface area contributed by atoms with Gasteiger partial charge in [-0.3, -0.25) is 9.59 Å². The molecule has 0 spiro atoms. The molecule has 0 aliphatic rings. The Bertz CT molecular complexity index is 1120. The van der Waals surface area contributed by atoms with Crippen molar-refractivity contribution in [3.05, 3.63) is 82.6 Å². The quantitative estimate of drug-likeness (QED) is 0.543. The minimum absolute atomic E-state index is 0.109. The SMILES string of the molecule is Cc1cc(C(=O)Nc2ccc(NC(=O)c3ccccc3F)cc2C(F)(F)F)c(C)o1. The summed E-state index contributed by atoms with van der Waals surface area (Å²) in [7, 11) is 0. The molecule has 3 aromatic rings. The number of aryl methyl sites for hydroxylation is 2. The molecule has 9 heteroatoms. The van der Waals surface area contributed by atoms with Crippen LogP contribution in [0.5, 0.6) is 0 Å². The van der Waals surface area contributed by atoms with Crippen LogP contribution in [0, 0.1) is 19.7 Å². The van der Waals surface area contributed by atoms with E-state index < -0.39 is 35.1 Å². The van der Waals surface area contributed by atoms with E-state index in [0.29, 0.717) is 11.8 Å². The average Bonchev–Trinajstić information content (AvgIpc) is 3.00. The molecular formula is C21H16F4N2O3. The molecule has 0 aliphatic heterocycles. The fraction of sp³-hybridized carbons (Fsp3) is 0.143. The second kappa shape index (κ2) is 8.02. The van der Waals surface area contributed by atoms with Crippen LogP contribution in [0.15, 0.2) is 52.9 Å². The zero-order chi connectivity index (χ0) is 22.1. The second-order valence-electron chi connectivity index (χ2n) is 6.47. The Morgan fingerprint density at radius 3 is 2.17 bits per heavy atom. The van der Waals surface area contributed by atoms with E-state index in [1.54, 1.807) is 6.92 Å². The summed E-state index contributed by atoms with van der Waals surface area (Å²) in [5.41, 5.74) is -2.06. The summed E-state index contributed by atoms with van der Waals surface area (Å²) in [6.07, 6.45) is -4.82. The van der Waals surface area contributed by atoms with E-state index in [2.05, 4.69) is 10.6 Å². The Morgan fingerprint density at radius 1 is 0.900 bits per heavy atom. The number of benzene rings is 2. The first kappa shape index (κ1) is 21.1. The van der Waals surface area contributed by atoms with Crippen LogP contribution in [0.3, 0.4) is 0 Å². The molecule has 0 bridgehead atoms. The molecular weight excluding hydrogens is 404 g/mol. The summed E-state index contributed by atoms with van der Waals surface area (Å²) >= 11 is 0. The summed E-state index contributed by atoms with van der Waals surface area (Å²) in [6.45, 7) is 3.13. The molecule has 0 unspecified atom stereocenters. The number of carbonyl (C=O) groups excluding carboxylic acids is 2. The number of furan rings is 1. The molecule has 3 rings (SSSR count). The number of alkyl halides is 3. The average molecular weight is 420 g/mol. The van der Waals surface area contributed by atoms with Crippen LogP contribution in [-0.2, 0) is 6.18 Å². The van der Waals surface area contributed by atoms with Gasteiger partial charge in [-0.1, -0.05) is 12.1 Å². The lowest BCUT2D eigenvalue weighted by Gasteiger charge is -2.16. The van der Waals surface area contributed by atoms with Gasteiger partial charge in [0.05, 0.1) is 22.4 Å². The van der Waals surface area contributed by atoms with Gasteiger partial charge in [0.15, 0.2) is 0 Å². The Hall–Kier alpha value is -3.62. The predicted octanol–water partition coefficient (Wildman–Crippen LogP) is 5.56. The monoisotopic (exact) mass is 420 g/mol. The van der Waals surface area contributed by atoms with E-state index in [1.807, 2.05) is 0 Å². The molecule has 30 heavy (non-hydrogen) atoms. The number of nitrogens with one attached hydrogen (secondary N) is 2. The highest BCUT2D eigenvalue weighted by molar-refractivity contribution is 6.06. The number of rotatable bonds is 4. The normalized spacial score (nSPS) is 11.3. The predicted molar refractivity (Wildman–Crippen MR) is 102 cm³/mol. The van der Waals surface area contributed by atoms with Crippen molar-refractivity contribution in [2.24, 2.45) is 0 Å². The minimum atomic E-state index is -4.82. The Labute approximate surface area is 168 Å². The zero-order valence-corrected chi connectivity index (χ0v) is 15.9. The van der Waals surface area contributed by atoms with E-state index in [1.165, 1.54) is 37.3 Å². The first-order chi connectivity index (χ1) is 14.1. The standard InChI is InChI=1S/C21H16F4N2O3/c1-11-9-15(12(2)30-11)20(29)27-18-8-7-13(10-16(18)21(23,24)25)26-19(28)14-5-3-4-6-17(14)22/h3-10H,1-2H3,(H,26,28)(H,27,29). The van der Waals surface area contributed by atoms with Crippen molar-refractivity contribution in [1.82, 2.24) is 0 Å². The lowest BCUT2D eigenvalue weighted by atomic mass is 10.1. The number of hydrogen-bond donors (Lipinski definition) is 2. The van der Waals surface area contributed by atoms with E-state index in [-0.39, 0.29) is 22.6 Å². The minimum Gasteiger partial charge on any atom is -0.466 e. The van der Waals surface area contributed by atoms with Gasteiger partial charge < -0.3 is 15.1 Å². The molecule has 2 amide bonds. The van der Waals surface area contributed by atoms with Gasteiger partial charge in [-0.2, -0.15) is 13.2 Å². The molecule has 156 valence electrons. The Kier molecular flexibility index (Phi) is 5.64. The molecule has 1 heterocycles. The maximum absolute atomic E-state index is 13.7. The first-order valence-corrected chi connectivity index (χ1v) is 8.72. The summed E-state index contributed by atoms with van der Waals surface area (Å²) in [5, 5.41) is 4.45. The van der Waals surface area contributed by atoms with Crippen molar-refractivity contribution in [3.63, 3.8) is 0 Å². The van der Waals surface area contributed by atoms with E-state index in [4.69, 9.17) is 4.42 Å². The van der Waals surface area contributed by atoms with Crippen LogP contribution >= 0.6 is 0 Å². The highest BCUT2D eigenvalue weighted by Gasteiger charge is 2.34. The van der Waals surface area contributed by atoms with Crippen LogP contribution in [0.1, 0.15) is 37.8 Å². The van der Waals surface area contributed by atoms with Gasteiger partial charge in [-0.25, -0.2) is 4.39 Å². The lowest BCUT2D eigenvalue weighted by molar-refractivity contribution is -0.136. The summed E-state index contributed by atoms with van der Waals surface area (Å²) in [5.74, 6) is -1.76. The van der Waals surface area contributed by atoms with Gasteiger partial charge in [0.2, 0.25) is 0 Å². The van der Waals surface area contributed by atoms with E-state index in [0.717, 1.165) is 12.1 Å². The zero-order valence-electron chi connectivity index (χ0n) is 15.9. The van der Waals surface area contributed by atoms with Crippen molar-refractivity contribution >= 4 is 23.2 Å². The van der Waals surface area contributed by atoms with Gasteiger partial charge in [0.1, 0.15) is 17.3 Å². The molecule has 2 aromatic carbocycles. The molecule has 2 N–H and O–H groups in total. The fourth-order valence-corrected chi connectivity index (χ4v) is 2.86. The largest absolute Gasteiger partial charge is 0.466 e. The summed E-state index contributed by atoms with van der Waals surface area (Å²) in [4.78, 5) is 24.5. The third kappa shape index (κ3) is 4.51. The summed E-state index contributed by atoms with van der Waals surface area (Å²) in [6, 6.07) is 9.36. The highest BCUT2D eigenvalue weighted by atomic mass is 19.4. The van der Waals surface area contributed by atoms with Crippen molar-refractivity contribution in [1.29, 1.82) is 0 Å². The Balaban J connectivity index is 1.89. The number of carbonyl (C=O) groups is 2. The van der Waals surface area contributed by atoms with Crippen molar-refractivity contribution in [3.8, 4) is 0 Å². The topological polar surface area (TPSA) is 71.3 Å². The second-order valence-corrected chi connectivity index (χ2v) is 6.47. The number of amides is 2. The number of halogens is 4. The number of hydrogen-bond acceptors (Lipinski definition) is 3. The van der Waals surface area contributed by atoms with Gasteiger partial charge >= 0.3 is 6.18 Å². The van der Waals surface area contributed by atoms with Crippen molar-refractivity contribution in [2.45, 2.75) is 20.0 Å². The van der Waals surface area contributed by atoms with Crippen LogP contribution < -0.4 is 10.6 Å². The molecule has 0 saturated carbocycles. The van der Waals surface area contributed by atoms with Gasteiger partial charge in [0, 0.05) is 5.69 Å². The van der Waals surface area contributed by atoms with Gasteiger partial charge in [0.25, 0.3) is 11.8 Å². The maximum Gasteiger partial charge on any atom is 0.418 e. The van der Waals surface area contributed by atoms with Crippen LogP contribution in [0.4, 0.5) is 28.9 Å². The number of anilines is 2. The molecule has 0 fully saturated rings. The van der Waals surface area contributed by atoms with Crippen molar-refractivity contribution < 1.29 is 31.6 Å². The Morgan fingerprint density at radius 2 is 1.57 bits per heavy atom. The van der Waals surface area contributed by atoms with Gasteiger partial charge in [-0.15, -0.1) is 0 Å². The van der Waals surface area contributed by atoms with Crippen molar-refractivity contribution in [2.75, 3.05) is 10.6 Å². The molecule has 0 aliphatic carbocycles. The van der Waals surface area contributed by atoms with E-state index >= 15 is 0 Å². The fourth-order valence-electron chi connectivity index (χ4n) is 2.86. The maximum atomic E-state index is 13.7. The van der Waals surface area contributed by atoms with Crippen LogP contribution in [-0.4, -0.2) is 11.8 Å². The van der Waals surface area contributed by atoms with Gasteiger partial charge in [-0.05, 0) is 50.2 Å². The van der Waals surface area contributed by atoms with E-state index in [9.17, 15) is 27.2 Å². The molecule has 0 atom stereocenters. The molecule has 5 nitrogen and oxygen atoms in total. The van der Waals surface area contributed by atoms with Crippen LogP contribution in [0.25, 0.3) is 0 Å². The lowest BCUT2D eigenvalue weighted by Crippen LogP contribution is -2.18. The highest BCUT2D eigenvalue weighted by Crippen LogP contribution is 2.37. The third-order valence-corrected chi connectivity index (χ3v) is 4.24. The molecule has 0 radical (unpaired) electrons. The smallest absolute Gasteiger partial charge is 0.418 e. The summed E-state index contributed by atoms with van der Waals surface area (Å²) < 4.78 is 59.6.